The molecule has 1 atom stereocenters. The largest absolute Gasteiger partial charge is 0.371 e. The summed E-state index contributed by atoms with van der Waals surface area (Å²) in [4.78, 5) is 0. The van der Waals surface area contributed by atoms with Crippen molar-refractivity contribution in [2.45, 2.75) is 70.1 Å². The van der Waals surface area contributed by atoms with Gasteiger partial charge in [0.15, 0.2) is 0 Å². The summed E-state index contributed by atoms with van der Waals surface area (Å²) in [7, 11) is 0. The molecule has 14 heavy (non-hydrogen) atoms. The number of nitrogens with one attached hydrogen (secondary N) is 1. The maximum absolute atomic E-state index is 5.95. The van der Waals surface area contributed by atoms with Crippen LogP contribution in [0.25, 0.3) is 0 Å². The second-order valence-corrected chi connectivity index (χ2v) is 5.43. The molecule has 1 heterocycles. The van der Waals surface area contributed by atoms with Crippen LogP contribution in [0.1, 0.15) is 52.4 Å². The van der Waals surface area contributed by atoms with Crippen LogP contribution < -0.4 is 5.32 Å². The Bertz CT molecular complexity index is 185. The fraction of sp³-hybridized carbons (Fsp3) is 1.00. The van der Waals surface area contributed by atoms with Crippen LogP contribution in [-0.4, -0.2) is 24.3 Å². The van der Waals surface area contributed by atoms with E-state index in [-0.39, 0.29) is 5.60 Å². The molecule has 1 N–H and O–H groups in total. The summed E-state index contributed by atoms with van der Waals surface area (Å²) in [5.41, 5.74) is 0.127. The van der Waals surface area contributed by atoms with Gasteiger partial charge in [0.2, 0.25) is 0 Å². The van der Waals surface area contributed by atoms with Crippen molar-refractivity contribution in [3.8, 4) is 0 Å². The monoisotopic (exact) mass is 197 g/mol. The zero-order valence-corrected chi connectivity index (χ0v) is 9.51. The molecular weight excluding hydrogens is 174 g/mol. The molecule has 2 rings (SSSR count). The minimum absolute atomic E-state index is 0.127. The van der Waals surface area contributed by atoms with Gasteiger partial charge in [0, 0.05) is 12.6 Å². The molecule has 0 aromatic rings. The molecule has 0 bridgehead atoms. The van der Waals surface area contributed by atoms with Crippen molar-refractivity contribution in [2.24, 2.45) is 0 Å². The van der Waals surface area contributed by atoms with E-state index < -0.39 is 0 Å². The Kier molecular flexibility index (Phi) is 3.13. The van der Waals surface area contributed by atoms with E-state index in [0.29, 0.717) is 6.10 Å². The van der Waals surface area contributed by atoms with Gasteiger partial charge in [-0.1, -0.05) is 12.8 Å². The van der Waals surface area contributed by atoms with Crippen LogP contribution in [0.3, 0.4) is 0 Å². The number of rotatable bonds is 3. The molecule has 1 saturated heterocycles. The third-order valence-electron chi connectivity index (χ3n) is 3.54. The first-order valence-electron chi connectivity index (χ1n) is 6.07. The third-order valence-corrected chi connectivity index (χ3v) is 3.54. The summed E-state index contributed by atoms with van der Waals surface area (Å²) in [5.74, 6) is 0. The first-order chi connectivity index (χ1) is 6.66. The predicted molar refractivity (Wildman–Crippen MR) is 58.4 cm³/mol. The van der Waals surface area contributed by atoms with Gasteiger partial charge in [-0.3, -0.25) is 0 Å². The second kappa shape index (κ2) is 4.19. The summed E-state index contributed by atoms with van der Waals surface area (Å²) < 4.78 is 5.95. The molecular formula is C12H23NO. The van der Waals surface area contributed by atoms with Gasteiger partial charge in [0.05, 0.1) is 11.7 Å². The standard InChI is InChI=1S/C12H23NO/c1-12(2)8-7-11(14-12)9-13-10-5-3-4-6-10/h10-11,13H,3-9H2,1-2H3. The average Bonchev–Trinajstić information content (AvgIpc) is 2.70. The van der Waals surface area contributed by atoms with E-state index in [1.165, 1.54) is 38.5 Å². The van der Waals surface area contributed by atoms with Crippen LogP contribution in [0.15, 0.2) is 0 Å². The third kappa shape index (κ3) is 2.71. The molecule has 2 nitrogen and oxygen atoms in total. The van der Waals surface area contributed by atoms with Gasteiger partial charge in [-0.25, -0.2) is 0 Å². The van der Waals surface area contributed by atoms with Crippen LogP contribution in [0.4, 0.5) is 0 Å². The maximum atomic E-state index is 5.95. The van der Waals surface area contributed by atoms with E-state index in [4.69, 9.17) is 4.74 Å². The van der Waals surface area contributed by atoms with E-state index in [2.05, 4.69) is 19.2 Å². The Labute approximate surface area is 87.4 Å². The summed E-state index contributed by atoms with van der Waals surface area (Å²) in [5, 5.41) is 3.64. The molecule has 1 unspecified atom stereocenters. The van der Waals surface area contributed by atoms with Crippen LogP contribution >= 0.6 is 0 Å². The first-order valence-corrected chi connectivity index (χ1v) is 6.07. The highest BCUT2D eigenvalue weighted by Crippen LogP contribution is 2.29. The van der Waals surface area contributed by atoms with Crippen molar-refractivity contribution in [1.29, 1.82) is 0 Å². The SMILES string of the molecule is CC1(C)CCC(CNC2CCCC2)O1. The summed E-state index contributed by atoms with van der Waals surface area (Å²) in [6.07, 6.45) is 8.47. The molecule has 2 aliphatic rings. The fourth-order valence-electron chi connectivity index (χ4n) is 2.65. The van der Waals surface area contributed by atoms with Gasteiger partial charge in [0.1, 0.15) is 0 Å². The van der Waals surface area contributed by atoms with Gasteiger partial charge in [-0.15, -0.1) is 0 Å². The summed E-state index contributed by atoms with van der Waals surface area (Å²) >= 11 is 0. The molecule has 1 aliphatic carbocycles. The fourth-order valence-corrected chi connectivity index (χ4v) is 2.65. The molecule has 0 aromatic heterocycles. The number of ether oxygens (including phenoxy) is 1. The highest BCUT2D eigenvalue weighted by Gasteiger charge is 2.31. The quantitative estimate of drug-likeness (QED) is 0.750. The van der Waals surface area contributed by atoms with E-state index in [1.54, 1.807) is 0 Å². The van der Waals surface area contributed by atoms with Crippen molar-refractivity contribution in [1.82, 2.24) is 5.32 Å². The van der Waals surface area contributed by atoms with Crippen molar-refractivity contribution in [3.63, 3.8) is 0 Å². The van der Waals surface area contributed by atoms with Crippen LogP contribution in [0, 0.1) is 0 Å². The normalized spacial score (nSPS) is 32.6. The minimum atomic E-state index is 0.127. The van der Waals surface area contributed by atoms with Gasteiger partial charge < -0.3 is 10.1 Å². The van der Waals surface area contributed by atoms with E-state index in [1.807, 2.05) is 0 Å². The van der Waals surface area contributed by atoms with Crippen LogP contribution in [-0.2, 0) is 4.74 Å². The lowest BCUT2D eigenvalue weighted by molar-refractivity contribution is -0.0150. The van der Waals surface area contributed by atoms with Crippen molar-refractivity contribution >= 4 is 0 Å². The molecule has 0 radical (unpaired) electrons. The Morgan fingerprint density at radius 3 is 2.50 bits per heavy atom. The molecule has 0 spiro atoms. The molecule has 0 aromatic carbocycles. The van der Waals surface area contributed by atoms with Crippen molar-refractivity contribution in [2.75, 3.05) is 6.54 Å². The molecule has 0 amide bonds. The Morgan fingerprint density at radius 2 is 1.93 bits per heavy atom. The topological polar surface area (TPSA) is 21.3 Å². The lowest BCUT2D eigenvalue weighted by Gasteiger charge is -2.21. The number of hydrogen-bond donors (Lipinski definition) is 1. The lowest BCUT2D eigenvalue weighted by atomic mass is 10.1. The van der Waals surface area contributed by atoms with Gasteiger partial charge in [0.25, 0.3) is 0 Å². The van der Waals surface area contributed by atoms with E-state index in [0.717, 1.165) is 12.6 Å². The Balaban J connectivity index is 1.66. The molecule has 1 aliphatic heterocycles. The molecule has 2 fully saturated rings. The van der Waals surface area contributed by atoms with Crippen molar-refractivity contribution in [3.05, 3.63) is 0 Å². The van der Waals surface area contributed by atoms with Crippen LogP contribution in [0.5, 0.6) is 0 Å². The number of hydrogen-bond acceptors (Lipinski definition) is 2. The van der Waals surface area contributed by atoms with Crippen LogP contribution in [0.2, 0.25) is 0 Å². The lowest BCUT2D eigenvalue weighted by Crippen LogP contribution is -2.34. The smallest absolute Gasteiger partial charge is 0.0707 e. The van der Waals surface area contributed by atoms with Crippen molar-refractivity contribution < 1.29 is 4.74 Å². The minimum Gasteiger partial charge on any atom is -0.371 e. The maximum Gasteiger partial charge on any atom is 0.0707 e. The van der Waals surface area contributed by atoms with E-state index in [9.17, 15) is 0 Å². The summed E-state index contributed by atoms with van der Waals surface area (Å²) in [6, 6.07) is 0.780. The second-order valence-electron chi connectivity index (χ2n) is 5.43. The summed E-state index contributed by atoms with van der Waals surface area (Å²) in [6.45, 7) is 5.46. The van der Waals surface area contributed by atoms with Gasteiger partial charge >= 0.3 is 0 Å². The first kappa shape index (κ1) is 10.4. The highest BCUT2D eigenvalue weighted by atomic mass is 16.5. The molecule has 2 heteroatoms. The molecule has 1 saturated carbocycles. The Hall–Kier alpha value is -0.0800. The van der Waals surface area contributed by atoms with E-state index >= 15 is 0 Å². The zero-order valence-electron chi connectivity index (χ0n) is 9.51. The van der Waals surface area contributed by atoms with Gasteiger partial charge in [-0.2, -0.15) is 0 Å². The average molecular weight is 197 g/mol. The highest BCUT2D eigenvalue weighted by molar-refractivity contribution is 4.83. The predicted octanol–water partition coefficient (Wildman–Crippen LogP) is 2.48. The Morgan fingerprint density at radius 1 is 1.21 bits per heavy atom. The van der Waals surface area contributed by atoms with Gasteiger partial charge in [-0.05, 0) is 39.5 Å². The molecule has 82 valence electrons. The zero-order chi connectivity index (χ0) is 10.0.